The van der Waals surface area contributed by atoms with E-state index in [0.29, 0.717) is 5.75 Å². The number of carbonyl (C=O) groups is 1. The Bertz CT molecular complexity index is 439. The van der Waals surface area contributed by atoms with E-state index >= 15 is 0 Å². The highest BCUT2D eigenvalue weighted by Crippen LogP contribution is 2.14. The molecule has 1 rings (SSSR count). The molecule has 0 bridgehead atoms. The fraction of sp³-hybridized carbons (Fsp3) is 0.500. The molecule has 4 nitrogen and oxygen atoms in total. The molecule has 0 saturated heterocycles. The molecule has 112 valence electrons. The van der Waals surface area contributed by atoms with E-state index in [-0.39, 0.29) is 18.4 Å². The molecule has 0 aliphatic carbocycles. The number of hydrogen-bond donors (Lipinski definition) is 2. The van der Waals surface area contributed by atoms with Crippen LogP contribution in [0.3, 0.4) is 0 Å². The lowest BCUT2D eigenvalue weighted by molar-refractivity contribution is -0.123. The first kappa shape index (κ1) is 16.4. The molecule has 0 aromatic heterocycles. The number of ether oxygens (including phenoxy) is 1. The third kappa shape index (κ3) is 5.52. The van der Waals surface area contributed by atoms with Gasteiger partial charge in [0.2, 0.25) is 5.91 Å². The van der Waals surface area contributed by atoms with Crippen molar-refractivity contribution in [3.05, 3.63) is 29.8 Å². The lowest BCUT2D eigenvalue weighted by atomic mass is 10.0. The van der Waals surface area contributed by atoms with Gasteiger partial charge >= 0.3 is 0 Å². The second-order valence-corrected chi connectivity index (χ2v) is 4.84. The predicted octanol–water partition coefficient (Wildman–Crippen LogP) is 1.93. The van der Waals surface area contributed by atoms with Crippen LogP contribution in [0.4, 0.5) is 8.78 Å². The summed E-state index contributed by atoms with van der Waals surface area (Å²) in [4.78, 5) is 11.7. The molecule has 0 fully saturated rings. The SMILES string of the molecule is CC(C)[C@H](N)C(=O)NCc1cccc(OCC(F)F)c1. The Balaban J connectivity index is 2.52. The molecule has 0 spiro atoms. The molecule has 1 atom stereocenters. The largest absolute Gasteiger partial charge is 0.488 e. The molecular formula is C14H20F2N2O2. The highest BCUT2D eigenvalue weighted by atomic mass is 19.3. The summed E-state index contributed by atoms with van der Waals surface area (Å²) in [5.74, 6) is 0.166. The van der Waals surface area contributed by atoms with Crippen molar-refractivity contribution in [2.75, 3.05) is 6.61 Å². The van der Waals surface area contributed by atoms with Crippen LogP contribution in [0.1, 0.15) is 19.4 Å². The minimum Gasteiger partial charge on any atom is -0.488 e. The number of benzene rings is 1. The third-order valence-electron chi connectivity index (χ3n) is 2.76. The number of amides is 1. The van der Waals surface area contributed by atoms with Gasteiger partial charge in [-0.1, -0.05) is 26.0 Å². The van der Waals surface area contributed by atoms with Crippen molar-refractivity contribution in [3.63, 3.8) is 0 Å². The zero-order valence-corrected chi connectivity index (χ0v) is 11.6. The van der Waals surface area contributed by atoms with E-state index in [0.717, 1.165) is 5.56 Å². The van der Waals surface area contributed by atoms with Gasteiger partial charge in [0.25, 0.3) is 6.43 Å². The van der Waals surface area contributed by atoms with Gasteiger partial charge in [0.1, 0.15) is 12.4 Å². The Labute approximate surface area is 117 Å². The fourth-order valence-electron chi connectivity index (χ4n) is 1.51. The summed E-state index contributed by atoms with van der Waals surface area (Å²) in [7, 11) is 0. The maximum Gasteiger partial charge on any atom is 0.272 e. The number of nitrogens with one attached hydrogen (secondary N) is 1. The number of carbonyl (C=O) groups excluding carboxylic acids is 1. The maximum absolute atomic E-state index is 12.0. The Hall–Kier alpha value is -1.69. The first-order valence-electron chi connectivity index (χ1n) is 6.43. The highest BCUT2D eigenvalue weighted by molar-refractivity contribution is 5.81. The van der Waals surface area contributed by atoms with Crippen molar-refractivity contribution in [3.8, 4) is 5.75 Å². The van der Waals surface area contributed by atoms with Gasteiger partial charge in [-0.25, -0.2) is 8.78 Å². The second kappa shape index (κ2) is 7.79. The van der Waals surface area contributed by atoms with Crippen LogP contribution < -0.4 is 15.8 Å². The lowest BCUT2D eigenvalue weighted by Gasteiger charge is -2.15. The summed E-state index contributed by atoms with van der Waals surface area (Å²) in [6.45, 7) is 3.37. The molecule has 6 heteroatoms. The molecule has 1 aromatic carbocycles. The second-order valence-electron chi connectivity index (χ2n) is 4.84. The van der Waals surface area contributed by atoms with Gasteiger partial charge in [-0.05, 0) is 23.6 Å². The summed E-state index contributed by atoms with van der Waals surface area (Å²) < 4.78 is 29.0. The van der Waals surface area contributed by atoms with Crippen LogP contribution in [0.5, 0.6) is 5.75 Å². The van der Waals surface area contributed by atoms with Gasteiger partial charge in [0.05, 0.1) is 6.04 Å². The van der Waals surface area contributed by atoms with E-state index < -0.39 is 19.1 Å². The van der Waals surface area contributed by atoms with Crippen LogP contribution in [0, 0.1) is 5.92 Å². The van der Waals surface area contributed by atoms with E-state index in [1.54, 1.807) is 24.3 Å². The van der Waals surface area contributed by atoms with E-state index in [4.69, 9.17) is 10.5 Å². The Kier molecular flexibility index (Phi) is 6.38. The quantitative estimate of drug-likeness (QED) is 0.805. The van der Waals surface area contributed by atoms with Gasteiger partial charge in [-0.15, -0.1) is 0 Å². The van der Waals surface area contributed by atoms with E-state index in [1.807, 2.05) is 13.8 Å². The average molecular weight is 286 g/mol. The van der Waals surface area contributed by atoms with Crippen LogP contribution in [0.2, 0.25) is 0 Å². The smallest absolute Gasteiger partial charge is 0.272 e. The van der Waals surface area contributed by atoms with Crippen molar-refractivity contribution in [2.45, 2.75) is 32.9 Å². The number of nitrogens with two attached hydrogens (primary N) is 1. The van der Waals surface area contributed by atoms with Gasteiger partial charge < -0.3 is 15.8 Å². The molecule has 0 unspecified atom stereocenters. The number of rotatable bonds is 7. The molecule has 1 amide bonds. The van der Waals surface area contributed by atoms with Gasteiger partial charge in [-0.2, -0.15) is 0 Å². The minimum atomic E-state index is -2.51. The van der Waals surface area contributed by atoms with Crippen LogP contribution in [0.15, 0.2) is 24.3 Å². The summed E-state index contributed by atoms with van der Waals surface area (Å²) >= 11 is 0. The lowest BCUT2D eigenvalue weighted by Crippen LogP contribution is -2.43. The van der Waals surface area contributed by atoms with E-state index in [1.165, 1.54) is 0 Å². The fourth-order valence-corrected chi connectivity index (χ4v) is 1.51. The molecule has 0 heterocycles. The third-order valence-corrected chi connectivity index (χ3v) is 2.76. The van der Waals surface area contributed by atoms with Crippen LogP contribution in [0.25, 0.3) is 0 Å². The summed E-state index contributed by atoms with van der Waals surface area (Å²) in [5, 5.41) is 2.70. The van der Waals surface area contributed by atoms with Gasteiger partial charge in [0, 0.05) is 6.54 Å². The highest BCUT2D eigenvalue weighted by Gasteiger charge is 2.16. The van der Waals surface area contributed by atoms with Crippen LogP contribution in [-0.4, -0.2) is 25.0 Å². The molecular weight excluding hydrogens is 266 g/mol. The van der Waals surface area contributed by atoms with Crippen LogP contribution in [-0.2, 0) is 11.3 Å². The van der Waals surface area contributed by atoms with Crippen molar-refractivity contribution in [1.82, 2.24) is 5.32 Å². The van der Waals surface area contributed by atoms with Crippen molar-refractivity contribution >= 4 is 5.91 Å². The maximum atomic E-state index is 12.0. The first-order chi connectivity index (χ1) is 9.40. The van der Waals surface area contributed by atoms with Gasteiger partial charge in [0.15, 0.2) is 0 Å². The summed E-state index contributed by atoms with van der Waals surface area (Å²) in [6.07, 6.45) is -2.51. The van der Waals surface area contributed by atoms with Crippen molar-refractivity contribution < 1.29 is 18.3 Å². The zero-order chi connectivity index (χ0) is 15.1. The summed E-state index contributed by atoms with van der Waals surface area (Å²) in [5.41, 5.74) is 6.48. The van der Waals surface area contributed by atoms with Crippen LogP contribution >= 0.6 is 0 Å². The molecule has 0 aliphatic rings. The van der Waals surface area contributed by atoms with Gasteiger partial charge in [-0.3, -0.25) is 4.79 Å². The molecule has 20 heavy (non-hydrogen) atoms. The molecule has 0 aliphatic heterocycles. The topological polar surface area (TPSA) is 64.4 Å². The Morgan fingerprint density at radius 3 is 2.70 bits per heavy atom. The minimum absolute atomic E-state index is 0.0516. The summed E-state index contributed by atoms with van der Waals surface area (Å²) in [6, 6.07) is 6.10. The number of hydrogen-bond acceptors (Lipinski definition) is 3. The standard InChI is InChI=1S/C14H20F2N2O2/c1-9(2)13(17)14(19)18-7-10-4-3-5-11(6-10)20-8-12(15)16/h3-6,9,12-13H,7-8,17H2,1-2H3,(H,18,19)/t13-/m0/s1. The zero-order valence-electron chi connectivity index (χ0n) is 11.6. The van der Waals surface area contributed by atoms with Crippen molar-refractivity contribution in [1.29, 1.82) is 0 Å². The molecule has 0 saturated carbocycles. The molecule has 0 radical (unpaired) electrons. The predicted molar refractivity (Wildman–Crippen MR) is 72.6 cm³/mol. The normalized spacial score (nSPS) is 12.6. The molecule has 1 aromatic rings. The Morgan fingerprint density at radius 2 is 2.10 bits per heavy atom. The number of alkyl halides is 2. The number of halogens is 2. The van der Waals surface area contributed by atoms with E-state index in [9.17, 15) is 13.6 Å². The monoisotopic (exact) mass is 286 g/mol. The van der Waals surface area contributed by atoms with E-state index in [2.05, 4.69) is 5.32 Å². The average Bonchev–Trinajstić information content (AvgIpc) is 2.42. The Morgan fingerprint density at radius 1 is 1.40 bits per heavy atom. The van der Waals surface area contributed by atoms with Crippen molar-refractivity contribution in [2.24, 2.45) is 11.7 Å². The first-order valence-corrected chi connectivity index (χ1v) is 6.43. The molecule has 3 N–H and O–H groups in total.